The molecular weight excluding hydrogens is 302 g/mol. The Balaban J connectivity index is 2.94. The van der Waals surface area contributed by atoms with Gasteiger partial charge in [-0.1, -0.05) is 21.9 Å². The number of hydrogen-bond acceptors (Lipinski definition) is 2. The van der Waals surface area contributed by atoms with Gasteiger partial charge in [0.15, 0.2) is 0 Å². The van der Waals surface area contributed by atoms with Crippen LogP contribution in [-0.2, 0) is 6.54 Å². The van der Waals surface area contributed by atoms with Gasteiger partial charge in [0.1, 0.15) is 12.4 Å². The van der Waals surface area contributed by atoms with Gasteiger partial charge in [0.05, 0.1) is 0 Å². The summed E-state index contributed by atoms with van der Waals surface area (Å²) in [6.07, 6.45) is 0. The lowest BCUT2D eigenvalue weighted by atomic mass is 10.1. The van der Waals surface area contributed by atoms with E-state index < -0.39 is 0 Å². The number of benzene rings is 1. The number of ether oxygens (including phenoxy) is 1. The molecule has 1 aromatic rings. The lowest BCUT2D eigenvalue weighted by Gasteiger charge is -2.22. The maximum absolute atomic E-state index is 5.79. The second-order valence-electron chi connectivity index (χ2n) is 5.53. The normalized spacial score (nSPS) is 10.8. The topological polar surface area (TPSA) is 21.3 Å². The SMILES string of the molecule is CC#CCOc1c(C)cc(Br)cc1CNC(C)(C)C. The van der Waals surface area contributed by atoms with Gasteiger partial charge < -0.3 is 10.1 Å². The van der Waals surface area contributed by atoms with E-state index >= 15 is 0 Å². The van der Waals surface area contributed by atoms with E-state index in [1.807, 2.05) is 6.92 Å². The molecule has 0 fully saturated rings. The van der Waals surface area contributed by atoms with Gasteiger partial charge in [0, 0.05) is 22.1 Å². The lowest BCUT2D eigenvalue weighted by molar-refractivity contribution is 0.356. The van der Waals surface area contributed by atoms with Crippen molar-refractivity contribution in [1.29, 1.82) is 0 Å². The maximum Gasteiger partial charge on any atom is 0.149 e. The van der Waals surface area contributed by atoms with Gasteiger partial charge in [-0.15, -0.1) is 5.92 Å². The Hall–Kier alpha value is -0.980. The first-order valence-corrected chi connectivity index (χ1v) is 7.19. The molecule has 0 atom stereocenters. The molecule has 0 bridgehead atoms. The zero-order valence-corrected chi connectivity index (χ0v) is 13.9. The molecule has 0 aliphatic rings. The summed E-state index contributed by atoms with van der Waals surface area (Å²) in [5.41, 5.74) is 2.36. The van der Waals surface area contributed by atoms with E-state index in [4.69, 9.17) is 4.74 Å². The van der Waals surface area contributed by atoms with Crippen LogP contribution in [0.5, 0.6) is 5.75 Å². The van der Waals surface area contributed by atoms with E-state index in [2.05, 4.69) is 72.9 Å². The van der Waals surface area contributed by atoms with E-state index in [1.54, 1.807) is 0 Å². The van der Waals surface area contributed by atoms with Crippen LogP contribution in [0.1, 0.15) is 38.8 Å². The van der Waals surface area contributed by atoms with Crippen molar-refractivity contribution in [3.8, 4) is 17.6 Å². The molecule has 0 aliphatic carbocycles. The summed E-state index contributed by atoms with van der Waals surface area (Å²) in [6.45, 7) is 11.5. The van der Waals surface area contributed by atoms with E-state index in [9.17, 15) is 0 Å². The maximum atomic E-state index is 5.79. The molecule has 0 radical (unpaired) electrons. The highest BCUT2D eigenvalue weighted by Gasteiger charge is 2.13. The third-order valence-corrected chi connectivity index (χ3v) is 3.05. The third kappa shape index (κ3) is 5.67. The van der Waals surface area contributed by atoms with Crippen LogP contribution in [0.4, 0.5) is 0 Å². The molecule has 19 heavy (non-hydrogen) atoms. The first-order chi connectivity index (χ1) is 8.83. The molecule has 1 rings (SSSR count). The van der Waals surface area contributed by atoms with E-state index in [-0.39, 0.29) is 5.54 Å². The highest BCUT2D eigenvalue weighted by atomic mass is 79.9. The molecule has 2 nitrogen and oxygen atoms in total. The van der Waals surface area contributed by atoms with Crippen molar-refractivity contribution in [3.63, 3.8) is 0 Å². The van der Waals surface area contributed by atoms with Crippen LogP contribution in [0.25, 0.3) is 0 Å². The summed E-state index contributed by atoms with van der Waals surface area (Å²) in [5.74, 6) is 6.71. The molecular formula is C16H22BrNO. The van der Waals surface area contributed by atoms with Crippen LogP contribution in [0, 0.1) is 18.8 Å². The number of rotatable bonds is 4. The summed E-state index contributed by atoms with van der Waals surface area (Å²) in [4.78, 5) is 0. The Morgan fingerprint density at radius 2 is 2.00 bits per heavy atom. The number of nitrogens with one attached hydrogen (secondary N) is 1. The summed E-state index contributed by atoms with van der Waals surface area (Å²) >= 11 is 3.54. The fourth-order valence-electron chi connectivity index (χ4n) is 1.68. The van der Waals surface area contributed by atoms with Crippen molar-refractivity contribution in [1.82, 2.24) is 5.32 Å². The summed E-state index contributed by atoms with van der Waals surface area (Å²) < 4.78 is 6.87. The molecule has 0 amide bonds. The van der Waals surface area contributed by atoms with Gasteiger partial charge in [-0.3, -0.25) is 0 Å². The number of halogens is 1. The van der Waals surface area contributed by atoms with Gasteiger partial charge in [0.25, 0.3) is 0 Å². The van der Waals surface area contributed by atoms with E-state index in [1.165, 1.54) is 0 Å². The molecule has 1 aromatic carbocycles. The van der Waals surface area contributed by atoms with Crippen LogP contribution in [-0.4, -0.2) is 12.1 Å². The van der Waals surface area contributed by atoms with Crippen LogP contribution in [0.2, 0.25) is 0 Å². The smallest absolute Gasteiger partial charge is 0.149 e. The van der Waals surface area contributed by atoms with Gasteiger partial charge >= 0.3 is 0 Å². The number of aryl methyl sites for hydroxylation is 1. The average molecular weight is 324 g/mol. The van der Waals surface area contributed by atoms with Crippen LogP contribution < -0.4 is 10.1 Å². The van der Waals surface area contributed by atoms with E-state index in [0.717, 1.165) is 27.9 Å². The summed E-state index contributed by atoms with van der Waals surface area (Å²) in [7, 11) is 0. The zero-order valence-electron chi connectivity index (χ0n) is 12.4. The molecule has 0 aliphatic heterocycles. The van der Waals surface area contributed by atoms with Crippen molar-refractivity contribution in [2.45, 2.75) is 46.7 Å². The molecule has 104 valence electrons. The van der Waals surface area contributed by atoms with Crippen molar-refractivity contribution >= 4 is 15.9 Å². The summed E-state index contributed by atoms with van der Waals surface area (Å²) in [6, 6.07) is 4.16. The van der Waals surface area contributed by atoms with Gasteiger partial charge in [-0.25, -0.2) is 0 Å². The molecule has 0 aromatic heterocycles. The molecule has 0 unspecified atom stereocenters. The van der Waals surface area contributed by atoms with Gasteiger partial charge in [0.2, 0.25) is 0 Å². The average Bonchev–Trinajstić information content (AvgIpc) is 2.28. The summed E-state index contributed by atoms with van der Waals surface area (Å²) in [5, 5.41) is 3.49. The van der Waals surface area contributed by atoms with Crippen molar-refractivity contribution < 1.29 is 4.74 Å². The molecule has 0 spiro atoms. The molecule has 0 heterocycles. The fourth-order valence-corrected chi connectivity index (χ4v) is 2.30. The Labute approximate surface area is 125 Å². The Kier molecular flexibility index (Phi) is 5.90. The second-order valence-corrected chi connectivity index (χ2v) is 6.45. The molecule has 1 N–H and O–H groups in total. The van der Waals surface area contributed by atoms with Gasteiger partial charge in [-0.05, 0) is 52.3 Å². The highest BCUT2D eigenvalue weighted by Crippen LogP contribution is 2.28. The van der Waals surface area contributed by atoms with Crippen LogP contribution in [0.3, 0.4) is 0 Å². The van der Waals surface area contributed by atoms with Crippen LogP contribution in [0.15, 0.2) is 16.6 Å². The Morgan fingerprint density at radius 1 is 1.32 bits per heavy atom. The molecule has 0 saturated carbocycles. The van der Waals surface area contributed by atoms with E-state index in [0.29, 0.717) is 6.61 Å². The molecule has 3 heteroatoms. The van der Waals surface area contributed by atoms with Crippen LogP contribution >= 0.6 is 15.9 Å². The minimum Gasteiger partial charge on any atom is -0.480 e. The monoisotopic (exact) mass is 323 g/mol. The first-order valence-electron chi connectivity index (χ1n) is 6.40. The minimum absolute atomic E-state index is 0.0801. The van der Waals surface area contributed by atoms with Crippen molar-refractivity contribution in [2.24, 2.45) is 0 Å². The van der Waals surface area contributed by atoms with Crippen molar-refractivity contribution in [3.05, 3.63) is 27.7 Å². The Bertz CT molecular complexity index is 492. The second kappa shape index (κ2) is 6.98. The highest BCUT2D eigenvalue weighted by molar-refractivity contribution is 9.10. The standard InChI is InChI=1S/C16H22BrNO/c1-6-7-8-19-15-12(2)9-14(17)10-13(15)11-18-16(3,4)5/h9-10,18H,8,11H2,1-5H3. The minimum atomic E-state index is 0.0801. The largest absolute Gasteiger partial charge is 0.480 e. The van der Waals surface area contributed by atoms with Crippen molar-refractivity contribution in [2.75, 3.05) is 6.61 Å². The quantitative estimate of drug-likeness (QED) is 0.844. The predicted molar refractivity (Wildman–Crippen MR) is 84.4 cm³/mol. The first kappa shape index (κ1) is 16.1. The Morgan fingerprint density at radius 3 is 2.58 bits per heavy atom. The zero-order chi connectivity index (χ0) is 14.5. The third-order valence-electron chi connectivity index (χ3n) is 2.59. The molecule has 0 saturated heterocycles. The predicted octanol–water partition coefficient (Wildman–Crippen LogP) is 4.05. The number of hydrogen-bond donors (Lipinski definition) is 1. The fraction of sp³-hybridized carbons (Fsp3) is 0.500. The van der Waals surface area contributed by atoms with Gasteiger partial charge in [-0.2, -0.15) is 0 Å². The lowest BCUT2D eigenvalue weighted by Crippen LogP contribution is -2.35.